The predicted molar refractivity (Wildman–Crippen MR) is 86.9 cm³/mol. The Morgan fingerprint density at radius 3 is 2.77 bits per heavy atom. The van der Waals surface area contributed by atoms with Crippen LogP contribution in [0.25, 0.3) is 0 Å². The molecule has 1 aliphatic rings. The third-order valence-corrected chi connectivity index (χ3v) is 5.33. The lowest BCUT2D eigenvalue weighted by Crippen LogP contribution is -2.18. The Morgan fingerprint density at radius 2 is 2.05 bits per heavy atom. The second kappa shape index (κ2) is 7.74. The van der Waals surface area contributed by atoms with Crippen LogP contribution in [-0.4, -0.2) is 22.0 Å². The molecule has 0 bridgehead atoms. The molecule has 4 nitrogen and oxygen atoms in total. The number of rotatable bonds is 6. The van der Waals surface area contributed by atoms with Crippen molar-refractivity contribution in [1.29, 1.82) is 0 Å². The van der Waals surface area contributed by atoms with Gasteiger partial charge in [0.1, 0.15) is 5.82 Å². The Hall–Kier alpha value is -1.40. The van der Waals surface area contributed by atoms with E-state index in [1.54, 1.807) is 0 Å². The highest BCUT2D eigenvalue weighted by atomic mass is 32.2. The first kappa shape index (κ1) is 17.0. The lowest BCUT2D eigenvalue weighted by molar-refractivity contribution is 0.584. The van der Waals surface area contributed by atoms with Crippen LogP contribution < -0.4 is 10.0 Å². The quantitative estimate of drug-likeness (QED) is 0.788. The molecule has 0 spiro atoms. The summed E-state index contributed by atoms with van der Waals surface area (Å²) in [6, 6.07) is 3.92. The van der Waals surface area contributed by atoms with Gasteiger partial charge in [-0.05, 0) is 57.4 Å². The van der Waals surface area contributed by atoms with Gasteiger partial charge in [0, 0.05) is 6.54 Å². The van der Waals surface area contributed by atoms with Crippen LogP contribution in [0.15, 0.2) is 34.7 Å². The van der Waals surface area contributed by atoms with Gasteiger partial charge in [-0.25, -0.2) is 17.5 Å². The summed E-state index contributed by atoms with van der Waals surface area (Å²) in [6.45, 7) is 0.654. The molecule has 1 aliphatic carbocycles. The van der Waals surface area contributed by atoms with E-state index in [1.807, 2.05) is 0 Å². The molecular weight excluding hydrogens is 303 g/mol. The first-order valence-corrected chi connectivity index (χ1v) is 9.16. The van der Waals surface area contributed by atoms with Gasteiger partial charge in [-0.15, -0.1) is 0 Å². The lowest BCUT2D eigenvalue weighted by Gasteiger charge is -2.10. The predicted octanol–water partition coefficient (Wildman–Crippen LogP) is 3.43. The zero-order chi connectivity index (χ0) is 16.0. The second-order valence-electron chi connectivity index (χ2n) is 5.49. The molecule has 22 heavy (non-hydrogen) atoms. The van der Waals surface area contributed by atoms with Crippen molar-refractivity contribution in [2.75, 3.05) is 18.9 Å². The molecule has 122 valence electrons. The SMILES string of the molecule is CNS(=O)(=O)c1ccc(NCCC2=CCCCCC2)c(F)c1. The number of nitrogens with one attached hydrogen (secondary N) is 2. The van der Waals surface area contributed by atoms with Crippen LogP contribution in [-0.2, 0) is 10.0 Å². The number of hydrogen-bond acceptors (Lipinski definition) is 3. The minimum atomic E-state index is -3.61. The zero-order valence-electron chi connectivity index (χ0n) is 12.9. The van der Waals surface area contributed by atoms with Gasteiger partial charge in [-0.3, -0.25) is 0 Å². The van der Waals surface area contributed by atoms with Crippen molar-refractivity contribution >= 4 is 15.7 Å². The monoisotopic (exact) mass is 326 g/mol. The molecule has 0 radical (unpaired) electrons. The van der Waals surface area contributed by atoms with Crippen molar-refractivity contribution in [3.63, 3.8) is 0 Å². The summed E-state index contributed by atoms with van der Waals surface area (Å²) in [5.41, 5.74) is 1.77. The van der Waals surface area contributed by atoms with E-state index in [4.69, 9.17) is 0 Å². The Bertz CT molecular complexity index is 642. The third-order valence-electron chi connectivity index (χ3n) is 3.92. The molecule has 0 atom stereocenters. The summed E-state index contributed by atoms with van der Waals surface area (Å²) in [7, 11) is -2.30. The lowest BCUT2D eigenvalue weighted by atomic mass is 10.1. The molecule has 0 saturated carbocycles. The van der Waals surface area contributed by atoms with Crippen LogP contribution in [0, 0.1) is 5.82 Å². The summed E-state index contributed by atoms with van der Waals surface area (Å²) in [4.78, 5) is -0.0653. The van der Waals surface area contributed by atoms with E-state index in [1.165, 1.54) is 44.0 Å². The van der Waals surface area contributed by atoms with Crippen LogP contribution in [0.1, 0.15) is 38.5 Å². The largest absolute Gasteiger partial charge is 0.382 e. The van der Waals surface area contributed by atoms with E-state index in [-0.39, 0.29) is 4.90 Å². The number of halogens is 1. The van der Waals surface area contributed by atoms with E-state index >= 15 is 0 Å². The van der Waals surface area contributed by atoms with Gasteiger partial charge >= 0.3 is 0 Å². The van der Waals surface area contributed by atoms with Gasteiger partial charge in [0.15, 0.2) is 0 Å². The van der Waals surface area contributed by atoms with Crippen LogP contribution in [0.2, 0.25) is 0 Å². The molecule has 2 rings (SSSR count). The number of anilines is 1. The minimum Gasteiger partial charge on any atom is -0.382 e. The molecule has 0 heterocycles. The number of hydrogen-bond donors (Lipinski definition) is 2. The fourth-order valence-corrected chi connectivity index (χ4v) is 3.33. The first-order chi connectivity index (χ1) is 10.5. The molecule has 6 heteroatoms. The van der Waals surface area contributed by atoms with Crippen molar-refractivity contribution in [2.45, 2.75) is 43.4 Å². The van der Waals surface area contributed by atoms with Crippen molar-refractivity contribution in [2.24, 2.45) is 0 Å². The smallest absolute Gasteiger partial charge is 0.240 e. The number of sulfonamides is 1. The maximum atomic E-state index is 14.0. The Labute approximate surface area is 131 Å². The molecular formula is C16H23FN2O2S. The van der Waals surface area contributed by atoms with E-state index in [9.17, 15) is 12.8 Å². The van der Waals surface area contributed by atoms with E-state index in [2.05, 4.69) is 16.1 Å². The highest BCUT2D eigenvalue weighted by Gasteiger charge is 2.14. The Balaban J connectivity index is 1.94. The van der Waals surface area contributed by atoms with Gasteiger partial charge in [0.25, 0.3) is 0 Å². The van der Waals surface area contributed by atoms with Crippen molar-refractivity contribution in [1.82, 2.24) is 4.72 Å². The Kier molecular flexibility index (Phi) is 5.97. The normalized spacial score (nSPS) is 16.0. The molecule has 1 aromatic carbocycles. The number of allylic oxidation sites excluding steroid dienone is 1. The molecule has 2 N–H and O–H groups in total. The third kappa shape index (κ3) is 4.55. The highest BCUT2D eigenvalue weighted by Crippen LogP contribution is 2.21. The summed E-state index contributed by atoms with van der Waals surface area (Å²) < 4.78 is 39.4. The van der Waals surface area contributed by atoms with Crippen molar-refractivity contribution in [3.8, 4) is 0 Å². The average molecular weight is 326 g/mol. The van der Waals surface area contributed by atoms with Crippen LogP contribution in [0.5, 0.6) is 0 Å². The van der Waals surface area contributed by atoms with E-state index in [0.717, 1.165) is 25.3 Å². The average Bonchev–Trinajstić information content (AvgIpc) is 2.77. The fourth-order valence-electron chi connectivity index (χ4n) is 2.59. The van der Waals surface area contributed by atoms with Crippen molar-refractivity contribution in [3.05, 3.63) is 35.7 Å². The molecule has 0 unspecified atom stereocenters. The molecule has 0 saturated heterocycles. The zero-order valence-corrected chi connectivity index (χ0v) is 13.7. The van der Waals surface area contributed by atoms with Gasteiger partial charge in [0.2, 0.25) is 10.0 Å². The summed E-state index contributed by atoms with van der Waals surface area (Å²) >= 11 is 0. The maximum Gasteiger partial charge on any atom is 0.240 e. The van der Waals surface area contributed by atoms with Crippen LogP contribution >= 0.6 is 0 Å². The summed E-state index contributed by atoms with van der Waals surface area (Å²) in [6.07, 6.45) is 9.24. The van der Waals surface area contributed by atoms with Crippen LogP contribution in [0.3, 0.4) is 0 Å². The summed E-state index contributed by atoms with van der Waals surface area (Å²) in [5.74, 6) is -0.550. The fraction of sp³-hybridized carbons (Fsp3) is 0.500. The molecule has 1 aromatic rings. The topological polar surface area (TPSA) is 58.2 Å². The van der Waals surface area contributed by atoms with Gasteiger partial charge in [0.05, 0.1) is 10.6 Å². The van der Waals surface area contributed by atoms with Gasteiger partial charge in [-0.1, -0.05) is 18.1 Å². The van der Waals surface area contributed by atoms with E-state index < -0.39 is 15.8 Å². The van der Waals surface area contributed by atoms with Crippen molar-refractivity contribution < 1.29 is 12.8 Å². The molecule has 0 fully saturated rings. The first-order valence-electron chi connectivity index (χ1n) is 7.68. The highest BCUT2D eigenvalue weighted by molar-refractivity contribution is 7.89. The molecule has 0 aromatic heterocycles. The summed E-state index contributed by atoms with van der Waals surface area (Å²) in [5, 5.41) is 3.05. The molecule has 0 amide bonds. The van der Waals surface area contributed by atoms with E-state index in [0.29, 0.717) is 12.2 Å². The number of benzene rings is 1. The van der Waals surface area contributed by atoms with Gasteiger partial charge in [-0.2, -0.15) is 0 Å². The van der Waals surface area contributed by atoms with Gasteiger partial charge < -0.3 is 5.32 Å². The maximum absolute atomic E-state index is 14.0. The molecule has 0 aliphatic heterocycles. The Morgan fingerprint density at radius 1 is 1.23 bits per heavy atom. The van der Waals surface area contributed by atoms with Crippen LogP contribution in [0.4, 0.5) is 10.1 Å². The second-order valence-corrected chi connectivity index (χ2v) is 7.37. The standard InChI is InChI=1S/C16H23FN2O2S/c1-18-22(20,21)14-8-9-16(15(17)12-14)19-11-10-13-6-4-2-3-5-7-13/h6,8-9,12,18-19H,2-5,7,10-11H2,1H3. The minimum absolute atomic E-state index is 0.0653.